The van der Waals surface area contributed by atoms with Crippen LogP contribution >= 0.6 is 0 Å². The summed E-state index contributed by atoms with van der Waals surface area (Å²) in [6.07, 6.45) is 0. The first kappa shape index (κ1) is 11.8. The van der Waals surface area contributed by atoms with Crippen LogP contribution in [0.15, 0.2) is 48.5 Å². The summed E-state index contributed by atoms with van der Waals surface area (Å²) in [5.41, 5.74) is -0.344. The lowest BCUT2D eigenvalue weighted by molar-refractivity contribution is -0.386. The summed E-state index contributed by atoms with van der Waals surface area (Å²) in [5.74, 6) is -1.00. The fourth-order valence-corrected chi connectivity index (χ4v) is 1.65. The van der Waals surface area contributed by atoms with Gasteiger partial charge in [0, 0.05) is 5.56 Å². The summed E-state index contributed by atoms with van der Waals surface area (Å²) >= 11 is 0. The summed E-state index contributed by atoms with van der Waals surface area (Å²) in [6, 6.07) is 12.1. The number of para-hydroxylation sites is 1. The van der Waals surface area contributed by atoms with Gasteiger partial charge in [0.2, 0.25) is 0 Å². The van der Waals surface area contributed by atoms with E-state index in [0.717, 1.165) is 0 Å². The third-order valence-electron chi connectivity index (χ3n) is 2.48. The maximum absolute atomic E-state index is 12.1. The number of phenols is 1. The van der Waals surface area contributed by atoms with Crippen LogP contribution in [-0.2, 0) is 0 Å². The van der Waals surface area contributed by atoms with Gasteiger partial charge in [0.25, 0.3) is 0 Å². The third kappa shape index (κ3) is 2.06. The van der Waals surface area contributed by atoms with Crippen LogP contribution in [-0.4, -0.2) is 15.8 Å². The number of ketones is 1. The second-order valence-electron chi connectivity index (χ2n) is 3.63. The highest BCUT2D eigenvalue weighted by Crippen LogP contribution is 2.30. The van der Waals surface area contributed by atoms with E-state index in [9.17, 15) is 20.0 Å². The zero-order valence-electron chi connectivity index (χ0n) is 9.24. The number of nitro benzene ring substituents is 1. The van der Waals surface area contributed by atoms with Gasteiger partial charge < -0.3 is 5.11 Å². The van der Waals surface area contributed by atoms with Gasteiger partial charge in [0.15, 0.2) is 11.5 Å². The lowest BCUT2D eigenvalue weighted by atomic mass is 10.0. The van der Waals surface area contributed by atoms with Crippen molar-refractivity contribution in [3.63, 3.8) is 0 Å². The molecule has 90 valence electrons. The van der Waals surface area contributed by atoms with Crippen molar-refractivity contribution in [1.82, 2.24) is 0 Å². The quantitative estimate of drug-likeness (QED) is 0.510. The standard InChI is InChI=1S/C13H9NO4/c15-11-8-4-7-10(12(11)14(17)18)13(16)9-5-2-1-3-6-9/h1-8,15H. The number of carbonyl (C=O) groups excluding carboxylic acids is 1. The lowest BCUT2D eigenvalue weighted by Crippen LogP contribution is -2.05. The largest absolute Gasteiger partial charge is 0.502 e. The van der Waals surface area contributed by atoms with Gasteiger partial charge in [0.1, 0.15) is 5.56 Å². The molecule has 1 N–H and O–H groups in total. The van der Waals surface area contributed by atoms with Gasteiger partial charge in [-0.25, -0.2) is 0 Å². The molecule has 2 aromatic carbocycles. The fraction of sp³-hybridized carbons (Fsp3) is 0. The smallest absolute Gasteiger partial charge is 0.321 e. The van der Waals surface area contributed by atoms with E-state index in [1.54, 1.807) is 30.3 Å². The number of aromatic hydroxyl groups is 1. The summed E-state index contributed by atoms with van der Waals surface area (Å²) in [6.45, 7) is 0. The molecule has 0 aliphatic rings. The predicted octanol–water partition coefficient (Wildman–Crippen LogP) is 2.53. The van der Waals surface area contributed by atoms with E-state index in [1.807, 2.05) is 0 Å². The molecule has 18 heavy (non-hydrogen) atoms. The Morgan fingerprint density at radius 2 is 1.72 bits per heavy atom. The highest BCUT2D eigenvalue weighted by Gasteiger charge is 2.24. The number of hydrogen-bond donors (Lipinski definition) is 1. The van der Waals surface area contributed by atoms with E-state index in [0.29, 0.717) is 5.56 Å². The van der Waals surface area contributed by atoms with Gasteiger partial charge in [0.05, 0.1) is 4.92 Å². The van der Waals surface area contributed by atoms with Gasteiger partial charge in [-0.1, -0.05) is 36.4 Å². The van der Waals surface area contributed by atoms with Gasteiger partial charge in [-0.15, -0.1) is 0 Å². The predicted molar refractivity (Wildman–Crippen MR) is 64.6 cm³/mol. The van der Waals surface area contributed by atoms with Crippen LogP contribution in [0.2, 0.25) is 0 Å². The first-order chi connectivity index (χ1) is 8.61. The number of carbonyl (C=O) groups is 1. The molecule has 5 nitrogen and oxygen atoms in total. The Morgan fingerprint density at radius 1 is 1.06 bits per heavy atom. The number of phenolic OH excluding ortho intramolecular Hbond substituents is 1. The van der Waals surface area contributed by atoms with E-state index in [1.165, 1.54) is 18.2 Å². The van der Waals surface area contributed by atoms with Crippen molar-refractivity contribution >= 4 is 11.5 Å². The highest BCUT2D eigenvalue weighted by atomic mass is 16.6. The maximum atomic E-state index is 12.1. The van der Waals surface area contributed by atoms with Crippen molar-refractivity contribution in [2.75, 3.05) is 0 Å². The first-order valence-corrected chi connectivity index (χ1v) is 5.17. The minimum absolute atomic E-state index is 0.119. The molecule has 0 radical (unpaired) electrons. The average Bonchev–Trinajstić information content (AvgIpc) is 2.38. The minimum Gasteiger partial charge on any atom is -0.502 e. The normalized spacial score (nSPS) is 10.0. The van der Waals surface area contributed by atoms with Crippen LogP contribution in [0.25, 0.3) is 0 Å². The Bertz CT molecular complexity index is 608. The van der Waals surface area contributed by atoms with Crippen LogP contribution in [0.5, 0.6) is 5.75 Å². The van der Waals surface area contributed by atoms with E-state index >= 15 is 0 Å². The van der Waals surface area contributed by atoms with Crippen molar-refractivity contribution in [3.8, 4) is 5.75 Å². The molecular weight excluding hydrogens is 234 g/mol. The van der Waals surface area contributed by atoms with Crippen LogP contribution in [0.1, 0.15) is 15.9 Å². The second-order valence-corrected chi connectivity index (χ2v) is 3.63. The topological polar surface area (TPSA) is 80.4 Å². The van der Waals surface area contributed by atoms with Gasteiger partial charge in [-0.05, 0) is 12.1 Å². The molecule has 0 fully saturated rings. The number of hydrogen-bond acceptors (Lipinski definition) is 4. The minimum atomic E-state index is -0.758. The molecule has 0 unspecified atom stereocenters. The molecule has 0 saturated heterocycles. The van der Waals surface area contributed by atoms with Crippen molar-refractivity contribution < 1.29 is 14.8 Å². The third-order valence-corrected chi connectivity index (χ3v) is 2.48. The van der Waals surface area contributed by atoms with Crippen molar-refractivity contribution in [1.29, 1.82) is 0 Å². The van der Waals surface area contributed by atoms with E-state index in [2.05, 4.69) is 0 Å². The molecule has 0 heterocycles. The highest BCUT2D eigenvalue weighted by molar-refractivity contribution is 6.11. The zero-order chi connectivity index (χ0) is 13.1. The molecule has 0 aliphatic carbocycles. The number of nitro groups is 1. The van der Waals surface area contributed by atoms with Crippen molar-refractivity contribution in [2.24, 2.45) is 0 Å². The average molecular weight is 243 g/mol. The lowest BCUT2D eigenvalue weighted by Gasteiger charge is -2.03. The molecule has 0 aliphatic heterocycles. The van der Waals surface area contributed by atoms with E-state index < -0.39 is 22.1 Å². The molecule has 2 aromatic rings. The molecule has 0 amide bonds. The van der Waals surface area contributed by atoms with Gasteiger partial charge in [-0.2, -0.15) is 0 Å². The molecule has 0 bridgehead atoms. The SMILES string of the molecule is O=C(c1ccccc1)c1cccc(O)c1[N+](=O)[O-]. The Kier molecular flexibility index (Phi) is 3.05. The summed E-state index contributed by atoms with van der Waals surface area (Å²) in [7, 11) is 0. The van der Waals surface area contributed by atoms with Crippen molar-refractivity contribution in [3.05, 3.63) is 69.8 Å². The number of benzene rings is 2. The molecule has 0 spiro atoms. The molecule has 0 atom stereocenters. The van der Waals surface area contributed by atoms with Crippen LogP contribution in [0, 0.1) is 10.1 Å². The van der Waals surface area contributed by atoms with E-state index in [4.69, 9.17) is 0 Å². The Morgan fingerprint density at radius 3 is 2.33 bits per heavy atom. The van der Waals surface area contributed by atoms with Crippen LogP contribution < -0.4 is 0 Å². The van der Waals surface area contributed by atoms with Crippen LogP contribution in [0.4, 0.5) is 5.69 Å². The van der Waals surface area contributed by atoms with Gasteiger partial charge >= 0.3 is 5.69 Å². The molecular formula is C13H9NO4. The Hall–Kier alpha value is -2.69. The Labute approximate surface area is 102 Å². The monoisotopic (exact) mass is 243 g/mol. The molecule has 0 aromatic heterocycles. The number of nitrogens with zero attached hydrogens (tertiary/aromatic N) is 1. The summed E-state index contributed by atoms with van der Waals surface area (Å²) in [5, 5.41) is 20.3. The Balaban J connectivity index is 2.56. The summed E-state index contributed by atoms with van der Waals surface area (Å²) in [4.78, 5) is 22.2. The van der Waals surface area contributed by atoms with Gasteiger partial charge in [-0.3, -0.25) is 14.9 Å². The maximum Gasteiger partial charge on any atom is 0.321 e. The van der Waals surface area contributed by atoms with Crippen LogP contribution in [0.3, 0.4) is 0 Å². The number of rotatable bonds is 3. The molecule has 0 saturated carbocycles. The second kappa shape index (κ2) is 4.67. The fourth-order valence-electron chi connectivity index (χ4n) is 1.65. The zero-order valence-corrected chi connectivity index (χ0v) is 9.24. The van der Waals surface area contributed by atoms with E-state index in [-0.39, 0.29) is 5.56 Å². The molecule has 2 rings (SSSR count). The van der Waals surface area contributed by atoms with Crippen molar-refractivity contribution in [2.45, 2.75) is 0 Å². The molecule has 5 heteroatoms. The summed E-state index contributed by atoms with van der Waals surface area (Å²) < 4.78 is 0. The first-order valence-electron chi connectivity index (χ1n) is 5.17.